The Morgan fingerprint density at radius 2 is 1.70 bits per heavy atom. The topological polar surface area (TPSA) is 102 Å². The maximum Gasteiger partial charge on any atom is 0.251 e. The number of hydrogen-bond donors (Lipinski definition) is 3. The fourth-order valence-electron chi connectivity index (χ4n) is 3.32. The van der Waals surface area contributed by atoms with Crippen LogP contribution < -0.4 is 5.32 Å². The number of nitrogens with zero attached hydrogens (tertiary/aromatic N) is 2. The lowest BCUT2D eigenvalue weighted by molar-refractivity contribution is -0.151. The van der Waals surface area contributed by atoms with E-state index in [0.717, 1.165) is 44.0 Å². The van der Waals surface area contributed by atoms with Crippen LogP contribution in [0.3, 0.4) is 0 Å². The van der Waals surface area contributed by atoms with Gasteiger partial charge in [-0.2, -0.15) is 0 Å². The predicted molar refractivity (Wildman–Crippen MR) is 111 cm³/mol. The molecular weight excluding hydrogens is 386 g/mol. The number of carbonyl (C=O) groups excluding carboxylic acids is 2. The Bertz CT molecular complexity index is 820. The van der Waals surface area contributed by atoms with Gasteiger partial charge in [0.1, 0.15) is 0 Å². The summed E-state index contributed by atoms with van der Waals surface area (Å²) < 4.78 is 5.38. The van der Waals surface area contributed by atoms with E-state index in [9.17, 15) is 19.9 Å². The Balaban J connectivity index is 1.59. The summed E-state index contributed by atoms with van der Waals surface area (Å²) in [5, 5.41) is 21.5. The van der Waals surface area contributed by atoms with E-state index >= 15 is 0 Å². The highest BCUT2D eigenvalue weighted by Crippen LogP contribution is 2.21. The van der Waals surface area contributed by atoms with Crippen molar-refractivity contribution in [3.63, 3.8) is 0 Å². The quantitative estimate of drug-likeness (QED) is 0.324. The molecule has 0 spiro atoms. The average molecular weight is 413 g/mol. The van der Waals surface area contributed by atoms with Crippen molar-refractivity contribution in [1.82, 2.24) is 15.3 Å². The SMILES string of the molecule is O=CN(O)CC(CO)NC(=O)c1ccc(-c2ccc(CN3CCOCC3)cc2)cc1. The molecule has 1 aliphatic rings. The fraction of sp³-hybridized carbons (Fsp3) is 0.364. The number of nitrogens with one attached hydrogen (secondary N) is 1. The lowest BCUT2D eigenvalue weighted by Gasteiger charge is -2.26. The summed E-state index contributed by atoms with van der Waals surface area (Å²) in [5.74, 6) is -0.388. The van der Waals surface area contributed by atoms with Gasteiger partial charge in [-0.25, -0.2) is 5.06 Å². The van der Waals surface area contributed by atoms with E-state index in [1.54, 1.807) is 12.1 Å². The van der Waals surface area contributed by atoms with Crippen LogP contribution in [0.2, 0.25) is 0 Å². The molecule has 160 valence electrons. The van der Waals surface area contributed by atoms with Gasteiger partial charge in [-0.3, -0.25) is 19.7 Å². The van der Waals surface area contributed by atoms with Gasteiger partial charge in [0.2, 0.25) is 6.41 Å². The first-order valence-electron chi connectivity index (χ1n) is 9.91. The summed E-state index contributed by atoms with van der Waals surface area (Å²) in [6.45, 7) is 3.79. The van der Waals surface area contributed by atoms with E-state index < -0.39 is 12.6 Å². The zero-order chi connectivity index (χ0) is 21.3. The van der Waals surface area contributed by atoms with Crippen LogP contribution in [0.5, 0.6) is 0 Å². The summed E-state index contributed by atoms with van der Waals surface area (Å²) >= 11 is 0. The Hall–Kier alpha value is -2.78. The molecule has 0 radical (unpaired) electrons. The average Bonchev–Trinajstić information content (AvgIpc) is 2.79. The van der Waals surface area contributed by atoms with Crippen molar-refractivity contribution in [3.05, 3.63) is 59.7 Å². The van der Waals surface area contributed by atoms with Gasteiger partial charge >= 0.3 is 0 Å². The first kappa shape index (κ1) is 21.9. The molecule has 1 fully saturated rings. The highest BCUT2D eigenvalue weighted by Gasteiger charge is 2.15. The van der Waals surface area contributed by atoms with Crippen LogP contribution in [0.15, 0.2) is 48.5 Å². The van der Waals surface area contributed by atoms with E-state index in [2.05, 4.69) is 34.5 Å². The van der Waals surface area contributed by atoms with Gasteiger partial charge in [0.25, 0.3) is 5.91 Å². The molecule has 1 saturated heterocycles. The maximum absolute atomic E-state index is 12.3. The summed E-state index contributed by atoms with van der Waals surface area (Å²) in [7, 11) is 0. The molecule has 2 amide bonds. The van der Waals surface area contributed by atoms with Gasteiger partial charge in [-0.05, 0) is 28.8 Å². The molecule has 1 aliphatic heterocycles. The van der Waals surface area contributed by atoms with Gasteiger partial charge in [-0.1, -0.05) is 36.4 Å². The summed E-state index contributed by atoms with van der Waals surface area (Å²) in [4.78, 5) is 25.2. The predicted octanol–water partition coefficient (Wildman–Crippen LogP) is 1.12. The third-order valence-corrected chi connectivity index (χ3v) is 5.03. The second-order valence-electron chi connectivity index (χ2n) is 7.24. The second kappa shape index (κ2) is 10.8. The Labute approximate surface area is 175 Å². The lowest BCUT2D eigenvalue weighted by atomic mass is 10.0. The monoisotopic (exact) mass is 413 g/mol. The van der Waals surface area contributed by atoms with Crippen LogP contribution in [-0.2, 0) is 16.1 Å². The molecule has 1 atom stereocenters. The molecular formula is C22H27N3O5. The number of hydroxylamine groups is 2. The molecule has 0 aromatic heterocycles. The van der Waals surface area contributed by atoms with E-state index in [4.69, 9.17) is 4.74 Å². The third-order valence-electron chi connectivity index (χ3n) is 5.03. The highest BCUT2D eigenvalue weighted by molar-refractivity contribution is 5.94. The molecule has 2 aromatic carbocycles. The Kier molecular flexibility index (Phi) is 7.92. The van der Waals surface area contributed by atoms with Gasteiger partial charge in [0.15, 0.2) is 0 Å². The molecule has 3 rings (SSSR count). The van der Waals surface area contributed by atoms with Crippen molar-refractivity contribution in [2.75, 3.05) is 39.5 Å². The number of aliphatic hydroxyl groups excluding tert-OH is 1. The third kappa shape index (κ3) is 6.11. The number of carbonyl (C=O) groups is 2. The number of aliphatic hydroxyl groups is 1. The van der Waals surface area contributed by atoms with Gasteiger partial charge in [0, 0.05) is 25.2 Å². The normalized spacial score (nSPS) is 15.4. The largest absolute Gasteiger partial charge is 0.394 e. The molecule has 2 aromatic rings. The number of ether oxygens (including phenoxy) is 1. The zero-order valence-electron chi connectivity index (χ0n) is 16.7. The molecule has 8 heteroatoms. The maximum atomic E-state index is 12.3. The van der Waals surface area contributed by atoms with Gasteiger partial charge < -0.3 is 15.2 Å². The standard InChI is InChI=1S/C22H27N3O5/c26-15-21(14-25(29)16-27)23-22(28)20-7-5-19(6-8-20)18-3-1-17(2-4-18)13-24-9-11-30-12-10-24/h1-8,16,21,26,29H,9-15H2,(H,23,28). The molecule has 0 saturated carbocycles. The zero-order valence-corrected chi connectivity index (χ0v) is 16.7. The minimum Gasteiger partial charge on any atom is -0.394 e. The number of morpholine rings is 1. The van der Waals surface area contributed by atoms with Gasteiger partial charge in [0.05, 0.1) is 32.4 Å². The number of rotatable bonds is 9. The van der Waals surface area contributed by atoms with Crippen molar-refractivity contribution in [3.8, 4) is 11.1 Å². The Morgan fingerprint density at radius 1 is 1.10 bits per heavy atom. The van der Waals surface area contributed by atoms with Crippen molar-refractivity contribution >= 4 is 12.3 Å². The minimum absolute atomic E-state index is 0.194. The minimum atomic E-state index is -0.758. The van der Waals surface area contributed by atoms with Crippen molar-refractivity contribution in [2.24, 2.45) is 0 Å². The summed E-state index contributed by atoms with van der Waals surface area (Å²) in [6.07, 6.45) is 0.218. The molecule has 8 nitrogen and oxygen atoms in total. The molecule has 0 bridgehead atoms. The summed E-state index contributed by atoms with van der Waals surface area (Å²) in [6, 6.07) is 14.8. The number of benzene rings is 2. The van der Waals surface area contributed by atoms with E-state index in [1.165, 1.54) is 5.56 Å². The number of amides is 2. The summed E-state index contributed by atoms with van der Waals surface area (Å²) in [5.41, 5.74) is 3.73. The first-order valence-corrected chi connectivity index (χ1v) is 9.91. The van der Waals surface area contributed by atoms with Crippen LogP contribution in [0.4, 0.5) is 0 Å². The lowest BCUT2D eigenvalue weighted by Crippen LogP contribution is -2.44. The van der Waals surface area contributed by atoms with Crippen LogP contribution >= 0.6 is 0 Å². The van der Waals surface area contributed by atoms with Crippen molar-refractivity contribution in [1.29, 1.82) is 0 Å². The number of hydrogen-bond acceptors (Lipinski definition) is 6. The molecule has 1 heterocycles. The van der Waals surface area contributed by atoms with Crippen LogP contribution in [0.25, 0.3) is 11.1 Å². The second-order valence-corrected chi connectivity index (χ2v) is 7.24. The van der Waals surface area contributed by atoms with Crippen molar-refractivity contribution < 1.29 is 24.6 Å². The van der Waals surface area contributed by atoms with Crippen LogP contribution in [-0.4, -0.2) is 78.1 Å². The van der Waals surface area contributed by atoms with Gasteiger partial charge in [-0.15, -0.1) is 0 Å². The molecule has 30 heavy (non-hydrogen) atoms. The fourth-order valence-corrected chi connectivity index (χ4v) is 3.32. The van der Waals surface area contributed by atoms with Crippen LogP contribution in [0, 0.1) is 0 Å². The van der Waals surface area contributed by atoms with Crippen molar-refractivity contribution in [2.45, 2.75) is 12.6 Å². The van der Waals surface area contributed by atoms with Crippen LogP contribution in [0.1, 0.15) is 15.9 Å². The molecule has 0 aliphatic carbocycles. The highest BCUT2D eigenvalue weighted by atomic mass is 16.5. The molecule has 3 N–H and O–H groups in total. The van der Waals surface area contributed by atoms with E-state index in [1.807, 2.05) is 12.1 Å². The molecule has 1 unspecified atom stereocenters. The smallest absolute Gasteiger partial charge is 0.251 e. The Morgan fingerprint density at radius 3 is 2.27 bits per heavy atom. The van der Waals surface area contributed by atoms with E-state index in [-0.39, 0.29) is 18.9 Å². The van der Waals surface area contributed by atoms with E-state index in [0.29, 0.717) is 10.6 Å². The first-order chi connectivity index (χ1) is 14.6.